The van der Waals surface area contributed by atoms with Crippen LogP contribution in [0.3, 0.4) is 0 Å². The Balaban J connectivity index is 1.53. The molecule has 0 bridgehead atoms. The van der Waals surface area contributed by atoms with Gasteiger partial charge in [0.1, 0.15) is 11.6 Å². The Morgan fingerprint density at radius 3 is 2.64 bits per heavy atom. The van der Waals surface area contributed by atoms with E-state index < -0.39 is 34.6 Å². The van der Waals surface area contributed by atoms with Gasteiger partial charge in [0.15, 0.2) is 0 Å². The van der Waals surface area contributed by atoms with Crippen molar-refractivity contribution in [1.82, 2.24) is 9.97 Å². The van der Waals surface area contributed by atoms with Crippen LogP contribution in [0.15, 0.2) is 59.7 Å². The highest BCUT2D eigenvalue weighted by Gasteiger charge is 2.36. The van der Waals surface area contributed by atoms with Crippen LogP contribution in [0.4, 0.5) is 34.8 Å². The summed E-state index contributed by atoms with van der Waals surface area (Å²) in [6.45, 7) is 6.55. The molecule has 5 rings (SSSR count). The van der Waals surface area contributed by atoms with Gasteiger partial charge in [0.2, 0.25) is 5.56 Å². The lowest BCUT2D eigenvalue weighted by atomic mass is 9.88. The van der Waals surface area contributed by atoms with E-state index >= 15 is 4.39 Å². The molecule has 3 aromatic rings. The highest BCUT2D eigenvalue weighted by Crippen LogP contribution is 2.38. The van der Waals surface area contributed by atoms with Gasteiger partial charge in [-0.2, -0.15) is 13.2 Å². The Morgan fingerprint density at radius 2 is 1.98 bits per heavy atom. The number of aromatic amines is 1. The SMILES string of the molecule is CCC1CC(C)CN(c2cc(F)c(C3=CCN(c4ccccn4)CC3)cc2NC(=O)c2c[nH]c(=O)cc2C(F)(F)F)C1. The number of amides is 1. The molecule has 1 aromatic carbocycles. The number of nitrogens with zero attached hydrogens (tertiary/aromatic N) is 3. The maximum atomic E-state index is 15.8. The summed E-state index contributed by atoms with van der Waals surface area (Å²) < 4.78 is 57.0. The van der Waals surface area contributed by atoms with E-state index in [-0.39, 0.29) is 11.3 Å². The minimum absolute atomic E-state index is 0.215. The molecular formula is C31H33F4N5O2. The molecule has 2 N–H and O–H groups in total. The third-order valence-electron chi connectivity index (χ3n) is 8.00. The predicted molar refractivity (Wildman–Crippen MR) is 155 cm³/mol. The van der Waals surface area contributed by atoms with Crippen LogP contribution >= 0.6 is 0 Å². The maximum Gasteiger partial charge on any atom is 0.417 e. The molecule has 222 valence electrons. The zero-order chi connectivity index (χ0) is 30.0. The minimum Gasteiger partial charge on any atom is -0.369 e. The van der Waals surface area contributed by atoms with Gasteiger partial charge in [-0.1, -0.05) is 32.4 Å². The maximum absolute atomic E-state index is 15.8. The van der Waals surface area contributed by atoms with Crippen molar-refractivity contribution < 1.29 is 22.4 Å². The first-order chi connectivity index (χ1) is 20.0. The highest BCUT2D eigenvalue weighted by atomic mass is 19.4. The Morgan fingerprint density at radius 1 is 1.17 bits per heavy atom. The van der Waals surface area contributed by atoms with Crippen molar-refractivity contribution in [3.05, 3.63) is 87.7 Å². The number of aromatic nitrogens is 2. The lowest BCUT2D eigenvalue weighted by Crippen LogP contribution is -2.40. The van der Waals surface area contributed by atoms with Gasteiger partial charge in [-0.15, -0.1) is 0 Å². The third-order valence-corrected chi connectivity index (χ3v) is 8.00. The average molecular weight is 584 g/mol. The topological polar surface area (TPSA) is 81.3 Å². The summed E-state index contributed by atoms with van der Waals surface area (Å²) in [7, 11) is 0. The molecule has 7 nitrogen and oxygen atoms in total. The first kappa shape index (κ1) is 29.3. The predicted octanol–water partition coefficient (Wildman–Crippen LogP) is 6.35. The average Bonchev–Trinajstić information content (AvgIpc) is 2.97. The molecular weight excluding hydrogens is 550 g/mol. The van der Waals surface area contributed by atoms with Crippen LogP contribution in [0.5, 0.6) is 0 Å². The number of halogens is 4. The highest BCUT2D eigenvalue weighted by molar-refractivity contribution is 6.07. The minimum atomic E-state index is -4.92. The summed E-state index contributed by atoms with van der Waals surface area (Å²) in [6.07, 6.45) is 1.91. The number of rotatable bonds is 6. The number of pyridine rings is 2. The molecule has 2 aromatic heterocycles. The number of carbonyl (C=O) groups excluding carboxylic acids is 1. The fraction of sp³-hybridized carbons (Fsp3) is 0.387. The molecule has 2 aliphatic rings. The summed E-state index contributed by atoms with van der Waals surface area (Å²) in [5, 5.41) is 2.63. The second-order valence-electron chi connectivity index (χ2n) is 11.1. The first-order valence-electron chi connectivity index (χ1n) is 14.1. The number of hydrogen-bond acceptors (Lipinski definition) is 5. The standard InChI is InChI=1S/C31H33F4N5O2/c1-3-20-12-19(2)17-40(18-20)27-15-25(32)22(21-7-10-39(11-8-21)28-6-4-5-9-36-28)13-26(27)38-30(42)23-16-37-29(41)14-24(23)31(33,34)35/h4-7,9,13-16,19-20H,3,8,10-12,17-18H2,1-2H3,(H,37,41)(H,38,42). The second-order valence-corrected chi connectivity index (χ2v) is 11.1. The van der Waals surface area contributed by atoms with Crippen LogP contribution in [0, 0.1) is 17.7 Å². The Kier molecular flexibility index (Phi) is 8.38. The molecule has 0 saturated carbocycles. The smallest absolute Gasteiger partial charge is 0.369 e. The molecule has 1 amide bonds. The molecule has 42 heavy (non-hydrogen) atoms. The van der Waals surface area contributed by atoms with Crippen LogP contribution in [0.1, 0.15) is 54.6 Å². The van der Waals surface area contributed by atoms with Gasteiger partial charge in [0, 0.05) is 50.2 Å². The zero-order valence-electron chi connectivity index (χ0n) is 23.5. The lowest BCUT2D eigenvalue weighted by molar-refractivity contribution is -0.138. The van der Waals surface area contributed by atoms with Gasteiger partial charge in [-0.25, -0.2) is 9.37 Å². The van der Waals surface area contributed by atoms with Gasteiger partial charge >= 0.3 is 6.18 Å². The summed E-state index contributed by atoms with van der Waals surface area (Å²) in [6, 6.07) is 8.88. The van der Waals surface area contributed by atoms with Crippen molar-refractivity contribution in [2.75, 3.05) is 41.3 Å². The molecule has 0 spiro atoms. The molecule has 2 aliphatic heterocycles. The largest absolute Gasteiger partial charge is 0.417 e. The third kappa shape index (κ3) is 6.34. The van der Waals surface area contributed by atoms with E-state index in [0.717, 1.165) is 30.4 Å². The van der Waals surface area contributed by atoms with Crippen LogP contribution in [-0.2, 0) is 6.18 Å². The molecule has 11 heteroatoms. The molecule has 0 aliphatic carbocycles. The van der Waals surface area contributed by atoms with E-state index in [4.69, 9.17) is 0 Å². The fourth-order valence-corrected chi connectivity index (χ4v) is 5.89. The van der Waals surface area contributed by atoms with Gasteiger partial charge in [-0.3, -0.25) is 9.59 Å². The monoisotopic (exact) mass is 583 g/mol. The number of hydrogen-bond donors (Lipinski definition) is 2. The van der Waals surface area contributed by atoms with E-state index in [0.29, 0.717) is 56.2 Å². The molecule has 0 radical (unpaired) electrons. The fourth-order valence-electron chi connectivity index (χ4n) is 5.89. The Labute approximate surface area is 241 Å². The van der Waals surface area contributed by atoms with Gasteiger partial charge in [0.25, 0.3) is 5.91 Å². The van der Waals surface area contributed by atoms with Gasteiger partial charge in [0.05, 0.1) is 22.5 Å². The van der Waals surface area contributed by atoms with Crippen LogP contribution < -0.4 is 20.7 Å². The van der Waals surface area contributed by atoms with Crippen LogP contribution in [0.25, 0.3) is 5.57 Å². The van der Waals surface area contributed by atoms with Crippen LogP contribution in [-0.4, -0.2) is 42.1 Å². The number of nitrogens with one attached hydrogen (secondary N) is 2. The van der Waals surface area contributed by atoms with E-state index in [1.807, 2.05) is 29.2 Å². The number of benzene rings is 1. The van der Waals surface area contributed by atoms with Gasteiger partial charge in [-0.05, 0) is 54.5 Å². The van der Waals surface area contributed by atoms with E-state index in [9.17, 15) is 22.8 Å². The molecule has 1 saturated heterocycles. The summed E-state index contributed by atoms with van der Waals surface area (Å²) in [4.78, 5) is 35.6. The van der Waals surface area contributed by atoms with Crippen molar-refractivity contribution in [1.29, 1.82) is 0 Å². The van der Waals surface area contributed by atoms with E-state index in [2.05, 4.69) is 34.0 Å². The lowest BCUT2D eigenvalue weighted by Gasteiger charge is -2.39. The van der Waals surface area contributed by atoms with E-state index in [1.165, 1.54) is 12.1 Å². The Hall–Kier alpha value is -4.15. The molecule has 1 fully saturated rings. The quantitative estimate of drug-likeness (QED) is 0.331. The number of piperidine rings is 1. The summed E-state index contributed by atoms with van der Waals surface area (Å²) in [5.74, 6) is -0.0396. The summed E-state index contributed by atoms with van der Waals surface area (Å²) >= 11 is 0. The Bertz CT molecular complexity index is 1540. The zero-order valence-corrected chi connectivity index (χ0v) is 23.5. The number of carbonyl (C=O) groups is 1. The first-order valence-corrected chi connectivity index (χ1v) is 14.1. The van der Waals surface area contributed by atoms with Crippen molar-refractivity contribution in [2.24, 2.45) is 11.8 Å². The number of anilines is 3. The van der Waals surface area contributed by atoms with Crippen LogP contribution in [0.2, 0.25) is 0 Å². The summed E-state index contributed by atoms with van der Waals surface area (Å²) in [5.41, 5.74) is -1.38. The molecule has 4 heterocycles. The number of H-pyrrole nitrogens is 1. The molecule has 2 atom stereocenters. The molecule has 2 unspecified atom stereocenters. The normalized spacial score (nSPS) is 19.4. The second kappa shape index (κ2) is 12.0. The van der Waals surface area contributed by atoms with Crippen molar-refractivity contribution in [3.8, 4) is 0 Å². The van der Waals surface area contributed by atoms with Crippen molar-refractivity contribution >= 4 is 28.7 Å². The van der Waals surface area contributed by atoms with Crippen molar-refractivity contribution in [3.63, 3.8) is 0 Å². The van der Waals surface area contributed by atoms with E-state index in [1.54, 1.807) is 6.20 Å². The van der Waals surface area contributed by atoms with Crippen molar-refractivity contribution in [2.45, 2.75) is 39.3 Å². The van der Waals surface area contributed by atoms with Gasteiger partial charge < -0.3 is 20.1 Å². The number of alkyl halides is 3.